The quantitative estimate of drug-likeness (QED) is 0.899. The van der Waals surface area contributed by atoms with Crippen LogP contribution in [0.2, 0.25) is 0 Å². The Hall–Kier alpha value is -1.55. The van der Waals surface area contributed by atoms with Crippen LogP contribution < -0.4 is 10.1 Å². The first-order valence-corrected chi connectivity index (χ1v) is 7.19. The number of nitrogens with one attached hydrogen (secondary N) is 1. The van der Waals surface area contributed by atoms with E-state index in [0.29, 0.717) is 6.54 Å². The number of hydrogen-bond donors (Lipinski definition) is 1. The molecule has 0 aromatic heterocycles. The smallest absolute Gasteiger partial charge is 0.260 e. The summed E-state index contributed by atoms with van der Waals surface area (Å²) in [5.74, 6) is 0.672. The Labute approximate surface area is 120 Å². The lowest BCUT2D eigenvalue weighted by molar-refractivity contribution is -0.127. The molecular formula is C16H23NO3. The molecule has 1 fully saturated rings. The standard InChI is InChI=1S/C16H23NO3/c1-11-6-7-12(2)15(9-11)20-13(3)16(18)17-10-14-5-4-8-19-14/h6-7,9,13-14H,4-5,8,10H2,1-3H3,(H,17,18). The molecule has 0 bridgehead atoms. The Balaban J connectivity index is 1.85. The van der Waals surface area contributed by atoms with Crippen LogP contribution in [0.1, 0.15) is 30.9 Å². The van der Waals surface area contributed by atoms with Crippen LogP contribution in [0.15, 0.2) is 18.2 Å². The van der Waals surface area contributed by atoms with E-state index in [0.717, 1.165) is 36.3 Å². The molecule has 0 aliphatic carbocycles. The third-order valence-electron chi connectivity index (χ3n) is 3.54. The van der Waals surface area contributed by atoms with Crippen molar-refractivity contribution in [3.63, 3.8) is 0 Å². The fraction of sp³-hybridized carbons (Fsp3) is 0.562. The fourth-order valence-electron chi connectivity index (χ4n) is 2.24. The normalized spacial score (nSPS) is 19.6. The molecule has 2 atom stereocenters. The Bertz CT molecular complexity index is 467. The number of rotatable bonds is 5. The van der Waals surface area contributed by atoms with E-state index in [4.69, 9.17) is 9.47 Å². The largest absolute Gasteiger partial charge is 0.481 e. The number of benzene rings is 1. The highest BCUT2D eigenvalue weighted by molar-refractivity contribution is 5.80. The summed E-state index contributed by atoms with van der Waals surface area (Å²) in [5, 5.41) is 2.89. The molecule has 0 radical (unpaired) electrons. The van der Waals surface area contributed by atoms with Gasteiger partial charge in [-0.2, -0.15) is 0 Å². The minimum absolute atomic E-state index is 0.0959. The molecule has 1 aliphatic rings. The van der Waals surface area contributed by atoms with Crippen LogP contribution >= 0.6 is 0 Å². The maximum atomic E-state index is 12.0. The minimum atomic E-state index is -0.503. The maximum absolute atomic E-state index is 12.0. The molecule has 20 heavy (non-hydrogen) atoms. The molecule has 1 aromatic rings. The van der Waals surface area contributed by atoms with E-state index >= 15 is 0 Å². The van der Waals surface area contributed by atoms with Crippen LogP contribution in [-0.2, 0) is 9.53 Å². The number of carbonyl (C=O) groups is 1. The number of carbonyl (C=O) groups excluding carboxylic acids is 1. The SMILES string of the molecule is Cc1ccc(C)c(OC(C)C(=O)NCC2CCCO2)c1. The van der Waals surface area contributed by atoms with Gasteiger partial charge in [0.1, 0.15) is 5.75 Å². The molecule has 1 aromatic carbocycles. The summed E-state index contributed by atoms with van der Waals surface area (Å²) in [4.78, 5) is 12.0. The molecule has 1 saturated heterocycles. The summed E-state index contributed by atoms with van der Waals surface area (Å²) in [6, 6.07) is 5.99. The molecule has 0 spiro atoms. The summed E-state index contributed by atoms with van der Waals surface area (Å²) in [5.41, 5.74) is 2.16. The van der Waals surface area contributed by atoms with Crippen LogP contribution in [-0.4, -0.2) is 31.3 Å². The predicted octanol–water partition coefficient (Wildman–Crippen LogP) is 2.37. The Morgan fingerprint density at radius 3 is 3.00 bits per heavy atom. The van der Waals surface area contributed by atoms with E-state index in [9.17, 15) is 4.79 Å². The molecule has 1 amide bonds. The van der Waals surface area contributed by atoms with Crippen molar-refractivity contribution in [1.29, 1.82) is 0 Å². The van der Waals surface area contributed by atoms with Gasteiger partial charge >= 0.3 is 0 Å². The molecule has 1 aliphatic heterocycles. The van der Waals surface area contributed by atoms with Gasteiger partial charge in [-0.3, -0.25) is 4.79 Å². The highest BCUT2D eigenvalue weighted by Crippen LogP contribution is 2.20. The lowest BCUT2D eigenvalue weighted by Crippen LogP contribution is -2.40. The van der Waals surface area contributed by atoms with Gasteiger partial charge in [-0.1, -0.05) is 12.1 Å². The second-order valence-corrected chi connectivity index (χ2v) is 5.41. The predicted molar refractivity (Wildman–Crippen MR) is 78.0 cm³/mol. The molecule has 110 valence electrons. The maximum Gasteiger partial charge on any atom is 0.260 e. The Morgan fingerprint density at radius 2 is 2.30 bits per heavy atom. The molecule has 1 heterocycles. The first kappa shape index (κ1) is 14.9. The number of aryl methyl sites for hydroxylation is 2. The van der Waals surface area contributed by atoms with Crippen molar-refractivity contribution >= 4 is 5.91 Å². The van der Waals surface area contributed by atoms with Crippen LogP contribution in [0.4, 0.5) is 0 Å². The molecule has 2 unspecified atom stereocenters. The van der Waals surface area contributed by atoms with Crippen molar-refractivity contribution in [2.75, 3.05) is 13.2 Å². The lowest BCUT2D eigenvalue weighted by Gasteiger charge is -2.18. The highest BCUT2D eigenvalue weighted by atomic mass is 16.5. The van der Waals surface area contributed by atoms with Gasteiger partial charge < -0.3 is 14.8 Å². The third-order valence-corrected chi connectivity index (χ3v) is 3.54. The van der Waals surface area contributed by atoms with Crippen LogP contribution in [0, 0.1) is 13.8 Å². The van der Waals surface area contributed by atoms with Gasteiger partial charge in [0.25, 0.3) is 5.91 Å². The Kier molecular flexibility index (Phi) is 5.01. The van der Waals surface area contributed by atoms with Crippen LogP contribution in [0.25, 0.3) is 0 Å². The summed E-state index contributed by atoms with van der Waals surface area (Å²) >= 11 is 0. The van der Waals surface area contributed by atoms with Crippen molar-refractivity contribution in [2.45, 2.75) is 45.8 Å². The van der Waals surface area contributed by atoms with Gasteiger partial charge in [-0.15, -0.1) is 0 Å². The van der Waals surface area contributed by atoms with Gasteiger partial charge in [0, 0.05) is 13.2 Å². The van der Waals surface area contributed by atoms with Crippen molar-refractivity contribution in [3.05, 3.63) is 29.3 Å². The Morgan fingerprint density at radius 1 is 1.50 bits per heavy atom. The third kappa shape index (κ3) is 3.97. The molecule has 2 rings (SSSR count). The number of ether oxygens (including phenoxy) is 2. The summed E-state index contributed by atoms with van der Waals surface area (Å²) in [7, 11) is 0. The van der Waals surface area contributed by atoms with Crippen molar-refractivity contribution in [2.24, 2.45) is 0 Å². The second kappa shape index (κ2) is 6.75. The zero-order valence-corrected chi connectivity index (χ0v) is 12.4. The summed E-state index contributed by atoms with van der Waals surface area (Å²) in [6.45, 7) is 7.13. The first-order valence-electron chi connectivity index (χ1n) is 7.19. The van der Waals surface area contributed by atoms with Gasteiger partial charge in [-0.25, -0.2) is 0 Å². The van der Waals surface area contributed by atoms with Gasteiger partial charge in [0.05, 0.1) is 6.10 Å². The fourth-order valence-corrected chi connectivity index (χ4v) is 2.24. The summed E-state index contributed by atoms with van der Waals surface area (Å²) < 4.78 is 11.2. The zero-order valence-electron chi connectivity index (χ0n) is 12.4. The van der Waals surface area contributed by atoms with Gasteiger partial charge in [0.2, 0.25) is 0 Å². The molecule has 0 saturated carbocycles. The highest BCUT2D eigenvalue weighted by Gasteiger charge is 2.20. The second-order valence-electron chi connectivity index (χ2n) is 5.41. The van der Waals surface area contributed by atoms with E-state index in [2.05, 4.69) is 5.32 Å². The molecule has 1 N–H and O–H groups in total. The summed E-state index contributed by atoms with van der Waals surface area (Å²) in [6.07, 6.45) is 1.76. The number of hydrogen-bond acceptors (Lipinski definition) is 3. The first-order chi connectivity index (χ1) is 9.56. The average molecular weight is 277 g/mol. The monoisotopic (exact) mass is 277 g/mol. The average Bonchev–Trinajstić information content (AvgIpc) is 2.93. The van der Waals surface area contributed by atoms with E-state index in [1.165, 1.54) is 0 Å². The van der Waals surface area contributed by atoms with Gasteiger partial charge in [0.15, 0.2) is 6.10 Å². The van der Waals surface area contributed by atoms with E-state index in [1.54, 1.807) is 6.92 Å². The van der Waals surface area contributed by atoms with Crippen molar-refractivity contribution in [3.8, 4) is 5.75 Å². The van der Waals surface area contributed by atoms with E-state index in [-0.39, 0.29) is 12.0 Å². The number of amides is 1. The van der Waals surface area contributed by atoms with Gasteiger partial charge in [-0.05, 0) is 50.8 Å². The van der Waals surface area contributed by atoms with Crippen LogP contribution in [0.5, 0.6) is 5.75 Å². The lowest BCUT2D eigenvalue weighted by atomic mass is 10.1. The van der Waals surface area contributed by atoms with Crippen molar-refractivity contribution < 1.29 is 14.3 Å². The molecular weight excluding hydrogens is 254 g/mol. The zero-order chi connectivity index (χ0) is 14.5. The van der Waals surface area contributed by atoms with E-state index in [1.807, 2.05) is 32.0 Å². The van der Waals surface area contributed by atoms with Crippen LogP contribution in [0.3, 0.4) is 0 Å². The topological polar surface area (TPSA) is 47.6 Å². The molecule has 4 heteroatoms. The van der Waals surface area contributed by atoms with E-state index < -0.39 is 6.10 Å². The van der Waals surface area contributed by atoms with Crippen molar-refractivity contribution in [1.82, 2.24) is 5.32 Å². The molecule has 4 nitrogen and oxygen atoms in total. The minimum Gasteiger partial charge on any atom is -0.481 e.